The summed E-state index contributed by atoms with van der Waals surface area (Å²) in [6, 6.07) is 2.20. The third kappa shape index (κ3) is 7.48. The first-order chi connectivity index (χ1) is 20.3. The summed E-state index contributed by atoms with van der Waals surface area (Å²) < 4.78 is 0. The molecule has 0 saturated heterocycles. The molecule has 244 valence electrons. The summed E-state index contributed by atoms with van der Waals surface area (Å²) >= 11 is 0. The van der Waals surface area contributed by atoms with Crippen molar-refractivity contribution in [2.75, 3.05) is 13.1 Å². The molecule has 0 amide bonds. The van der Waals surface area contributed by atoms with Crippen molar-refractivity contribution in [2.24, 2.45) is 71.0 Å². The molecule has 0 bridgehead atoms. The van der Waals surface area contributed by atoms with E-state index in [-0.39, 0.29) is 0 Å². The van der Waals surface area contributed by atoms with Crippen LogP contribution in [0.4, 0.5) is 0 Å². The first-order valence-electron chi connectivity index (χ1n) is 18.6. The number of allylic oxidation sites excluding steroid dienone is 4. The second-order valence-corrected chi connectivity index (χ2v) is 16.3. The molecule has 43 heavy (non-hydrogen) atoms. The highest BCUT2D eigenvalue weighted by atomic mass is 15.2. The number of rotatable bonds is 10. The van der Waals surface area contributed by atoms with E-state index in [4.69, 9.17) is 0 Å². The Hall–Kier alpha value is -1.12. The summed E-state index contributed by atoms with van der Waals surface area (Å²) in [6.07, 6.45) is 24.3. The zero-order valence-electron chi connectivity index (χ0n) is 30.3. The number of unbranched alkanes of at least 4 members (excludes halogenated alkanes) is 2. The summed E-state index contributed by atoms with van der Waals surface area (Å²) in [7, 11) is 0. The predicted molar refractivity (Wildman–Crippen MR) is 189 cm³/mol. The van der Waals surface area contributed by atoms with Gasteiger partial charge in [-0.1, -0.05) is 138 Å². The fraction of sp³-hybridized carbons (Fsp3) is 0.805. The minimum absolute atomic E-state index is 0.550. The highest BCUT2D eigenvalue weighted by molar-refractivity contribution is 5.15. The average Bonchev–Trinajstić information content (AvgIpc) is 2.98. The Morgan fingerprint density at radius 1 is 0.302 bits per heavy atom. The van der Waals surface area contributed by atoms with Gasteiger partial charge in [-0.25, -0.2) is 0 Å². The molecular weight excluding hydrogens is 520 g/mol. The lowest BCUT2D eigenvalue weighted by Crippen LogP contribution is -2.53. The van der Waals surface area contributed by atoms with Crippen molar-refractivity contribution >= 4 is 0 Å². The normalized spacial score (nSPS) is 46.7. The van der Waals surface area contributed by atoms with Crippen LogP contribution in [-0.4, -0.2) is 47.1 Å². The predicted octanol–water partition coefficient (Wildman–Crippen LogP) is 10.1. The summed E-state index contributed by atoms with van der Waals surface area (Å²) in [5.74, 6) is 8.43. The van der Waals surface area contributed by atoms with Gasteiger partial charge in [0.1, 0.15) is 0 Å². The van der Waals surface area contributed by atoms with E-state index < -0.39 is 0 Å². The molecule has 0 fully saturated rings. The van der Waals surface area contributed by atoms with Gasteiger partial charge in [0, 0.05) is 24.2 Å². The molecule has 0 heterocycles. The Labute approximate surface area is 268 Å². The lowest BCUT2D eigenvalue weighted by atomic mass is 9.72. The van der Waals surface area contributed by atoms with Gasteiger partial charge in [0.2, 0.25) is 0 Å². The standard InChI is InChI=1S/C41H70N2/c1-26-16-20-38(34(9)30(26)5)42(39-21-17-27(2)31(6)35(39)10)24-14-13-15-25-43(40-22-18-28(3)32(7)36(40)11)41-23-19-29(4)33(8)37(41)12/h16-23,26-41H,13-15,24-25H2,1-12H3/t26-,27-,28-,29-,30-,31-,32-,33-,34+,35+,36+,37+,38+,39+,40+,41+/m1/s1. The molecule has 2 heteroatoms. The molecule has 0 aromatic rings. The zero-order valence-corrected chi connectivity index (χ0v) is 30.3. The maximum atomic E-state index is 2.93. The molecule has 2 nitrogen and oxygen atoms in total. The van der Waals surface area contributed by atoms with E-state index >= 15 is 0 Å². The molecule has 0 aromatic carbocycles. The third-order valence-corrected chi connectivity index (χ3v) is 14.1. The van der Waals surface area contributed by atoms with Crippen molar-refractivity contribution in [1.29, 1.82) is 0 Å². The van der Waals surface area contributed by atoms with Crippen LogP contribution in [0.5, 0.6) is 0 Å². The van der Waals surface area contributed by atoms with E-state index in [1.54, 1.807) is 0 Å². The van der Waals surface area contributed by atoms with Gasteiger partial charge in [0.25, 0.3) is 0 Å². The van der Waals surface area contributed by atoms with Crippen LogP contribution < -0.4 is 0 Å². The Morgan fingerprint density at radius 2 is 0.535 bits per heavy atom. The average molecular weight is 591 g/mol. The molecule has 0 aliphatic heterocycles. The van der Waals surface area contributed by atoms with Crippen LogP contribution in [-0.2, 0) is 0 Å². The van der Waals surface area contributed by atoms with E-state index in [2.05, 4.69) is 141 Å². The van der Waals surface area contributed by atoms with E-state index in [1.807, 2.05) is 0 Å². The minimum atomic E-state index is 0.550. The van der Waals surface area contributed by atoms with Crippen LogP contribution in [0.2, 0.25) is 0 Å². The van der Waals surface area contributed by atoms with Crippen molar-refractivity contribution in [2.45, 2.75) is 127 Å². The molecule has 4 rings (SSSR count). The largest absolute Gasteiger partial charge is 0.290 e. The lowest BCUT2D eigenvalue weighted by Gasteiger charge is -2.48. The number of hydrogen-bond acceptors (Lipinski definition) is 2. The highest BCUT2D eigenvalue weighted by Gasteiger charge is 2.40. The molecule has 0 saturated carbocycles. The maximum absolute atomic E-state index is 2.93. The monoisotopic (exact) mass is 591 g/mol. The quantitative estimate of drug-likeness (QED) is 0.184. The van der Waals surface area contributed by atoms with Crippen LogP contribution in [0.25, 0.3) is 0 Å². The maximum Gasteiger partial charge on any atom is 0.0312 e. The van der Waals surface area contributed by atoms with Crippen molar-refractivity contribution in [3.8, 4) is 0 Å². The van der Waals surface area contributed by atoms with Gasteiger partial charge in [0.15, 0.2) is 0 Å². The number of hydrogen-bond donors (Lipinski definition) is 0. The Bertz CT molecular complexity index is 842. The highest BCUT2D eigenvalue weighted by Crippen LogP contribution is 2.40. The minimum Gasteiger partial charge on any atom is -0.290 e. The lowest BCUT2D eigenvalue weighted by molar-refractivity contribution is 0.0532. The smallest absolute Gasteiger partial charge is 0.0312 e. The molecule has 4 aliphatic rings. The van der Waals surface area contributed by atoms with Crippen LogP contribution in [0.15, 0.2) is 48.6 Å². The topological polar surface area (TPSA) is 6.48 Å². The van der Waals surface area contributed by atoms with Gasteiger partial charge in [0.05, 0.1) is 0 Å². The van der Waals surface area contributed by atoms with Gasteiger partial charge < -0.3 is 0 Å². The third-order valence-electron chi connectivity index (χ3n) is 14.1. The molecule has 0 radical (unpaired) electrons. The van der Waals surface area contributed by atoms with Crippen molar-refractivity contribution in [3.05, 3.63) is 48.6 Å². The van der Waals surface area contributed by atoms with Crippen molar-refractivity contribution < 1.29 is 0 Å². The molecule has 0 aromatic heterocycles. The zero-order chi connectivity index (χ0) is 31.6. The van der Waals surface area contributed by atoms with Crippen LogP contribution >= 0.6 is 0 Å². The van der Waals surface area contributed by atoms with E-state index in [0.717, 1.165) is 23.7 Å². The fourth-order valence-corrected chi connectivity index (χ4v) is 9.13. The van der Waals surface area contributed by atoms with Crippen molar-refractivity contribution in [3.63, 3.8) is 0 Å². The van der Waals surface area contributed by atoms with Gasteiger partial charge in [-0.3, -0.25) is 9.80 Å². The van der Waals surface area contributed by atoms with E-state index in [9.17, 15) is 0 Å². The summed E-state index contributed by atoms with van der Waals surface area (Å²) in [6.45, 7) is 32.0. The van der Waals surface area contributed by atoms with Crippen molar-refractivity contribution in [1.82, 2.24) is 9.80 Å². The molecule has 4 aliphatic carbocycles. The van der Waals surface area contributed by atoms with Gasteiger partial charge >= 0.3 is 0 Å². The molecule has 0 unspecified atom stereocenters. The Morgan fingerprint density at radius 3 is 0.767 bits per heavy atom. The molecule has 0 spiro atoms. The van der Waals surface area contributed by atoms with Gasteiger partial charge in [-0.15, -0.1) is 0 Å². The van der Waals surface area contributed by atoms with Gasteiger partial charge in [-0.05, 0) is 96.9 Å². The van der Waals surface area contributed by atoms with E-state index in [0.29, 0.717) is 71.5 Å². The second-order valence-electron chi connectivity index (χ2n) is 16.3. The Kier molecular flexibility index (Phi) is 12.1. The van der Waals surface area contributed by atoms with Crippen LogP contribution in [0.3, 0.4) is 0 Å². The SMILES string of the molecule is C[C@H]1[C@H](C)[C@@H](N(CCCCCN([C@H]2C=C[C@@H](C)[C@@H](C)[C@@H]2C)[C@H]2C=C[C@@H](C)[C@@H](C)[C@@H]2C)[C@H]2C=C[C@@H](C)[C@@H](C)[C@@H]2C)C=C[C@H]1C. The van der Waals surface area contributed by atoms with E-state index in [1.165, 1.54) is 32.4 Å². The second kappa shape index (κ2) is 15.0. The van der Waals surface area contributed by atoms with Gasteiger partial charge in [-0.2, -0.15) is 0 Å². The van der Waals surface area contributed by atoms with Crippen LogP contribution in [0.1, 0.15) is 102 Å². The molecule has 16 atom stereocenters. The molecular formula is C41H70N2. The summed E-state index contributed by atoms with van der Waals surface area (Å²) in [4.78, 5) is 5.85. The first-order valence-corrected chi connectivity index (χ1v) is 18.6. The van der Waals surface area contributed by atoms with Crippen LogP contribution in [0, 0.1) is 71.0 Å². The fourth-order valence-electron chi connectivity index (χ4n) is 9.13. The summed E-state index contributed by atoms with van der Waals surface area (Å²) in [5.41, 5.74) is 0. The first kappa shape index (κ1) is 34.7. The number of nitrogens with zero attached hydrogens (tertiary/aromatic N) is 2. The summed E-state index contributed by atoms with van der Waals surface area (Å²) in [5, 5.41) is 0. The molecule has 0 N–H and O–H groups in total. The Balaban J connectivity index is 1.47.